The largest absolute Gasteiger partial charge is 0.462 e. The summed E-state index contributed by atoms with van der Waals surface area (Å²) in [4.78, 5) is 16.9. The molecule has 0 saturated heterocycles. The minimum Gasteiger partial charge on any atom is -0.462 e. The lowest BCUT2D eigenvalue weighted by atomic mass is 10.2. The molecule has 3 aromatic rings. The molecule has 0 atom stereocenters. The number of aromatic nitrogens is 2. The number of benzene rings is 2. The normalized spacial score (nSPS) is 11.1. The number of ether oxygens (including phenoxy) is 1. The van der Waals surface area contributed by atoms with Gasteiger partial charge in [0.05, 0.1) is 29.7 Å². The van der Waals surface area contributed by atoms with Crippen LogP contribution in [0.5, 0.6) is 0 Å². The zero-order valence-corrected chi connectivity index (χ0v) is 17.0. The molecule has 1 heterocycles. The highest BCUT2D eigenvalue weighted by atomic mass is 35.5. The fourth-order valence-corrected chi connectivity index (χ4v) is 3.50. The lowest BCUT2D eigenvalue weighted by molar-refractivity contribution is 0.0526. The maximum atomic E-state index is 12.1. The number of imidazole rings is 1. The number of esters is 1. The van der Waals surface area contributed by atoms with Crippen molar-refractivity contribution in [3.8, 4) is 0 Å². The lowest BCUT2D eigenvalue weighted by Gasteiger charge is -2.11. The molecule has 0 bridgehead atoms. The summed E-state index contributed by atoms with van der Waals surface area (Å²) in [5, 5.41) is 1.22. The van der Waals surface area contributed by atoms with Gasteiger partial charge in [0.1, 0.15) is 5.82 Å². The summed E-state index contributed by atoms with van der Waals surface area (Å²) in [5.41, 5.74) is 3.24. The van der Waals surface area contributed by atoms with Gasteiger partial charge in [-0.3, -0.25) is 0 Å². The average Bonchev–Trinajstić information content (AvgIpc) is 2.99. The summed E-state index contributed by atoms with van der Waals surface area (Å²) < 4.78 is 7.26. The molecular weight excluding hydrogens is 383 g/mol. The summed E-state index contributed by atoms with van der Waals surface area (Å²) in [5.74, 6) is 0.658. The fraction of sp³-hybridized carbons (Fsp3) is 0.333. The molecule has 4 nitrogen and oxygen atoms in total. The number of hydrogen-bond acceptors (Lipinski definition) is 3. The van der Waals surface area contributed by atoms with Crippen molar-refractivity contribution in [2.45, 2.75) is 39.7 Å². The third-order valence-corrected chi connectivity index (χ3v) is 5.02. The van der Waals surface area contributed by atoms with Gasteiger partial charge in [0.15, 0.2) is 0 Å². The van der Waals surface area contributed by atoms with Crippen molar-refractivity contribution < 1.29 is 9.53 Å². The van der Waals surface area contributed by atoms with Gasteiger partial charge in [0.2, 0.25) is 0 Å². The molecule has 2 aromatic carbocycles. The molecule has 0 aliphatic heterocycles. The van der Waals surface area contributed by atoms with E-state index in [0.717, 1.165) is 41.7 Å². The highest BCUT2D eigenvalue weighted by Gasteiger charge is 2.15. The van der Waals surface area contributed by atoms with Gasteiger partial charge in [-0.15, -0.1) is 0 Å². The number of nitrogens with zero attached hydrogens (tertiary/aromatic N) is 2. The van der Waals surface area contributed by atoms with Crippen LogP contribution in [0.1, 0.15) is 48.4 Å². The SMILES string of the molecule is CCCCc1nc2ccc(C(=O)OCC)cc2n1Cc1ccc(Cl)cc1Cl. The third-order valence-electron chi connectivity index (χ3n) is 4.44. The van der Waals surface area contributed by atoms with E-state index >= 15 is 0 Å². The summed E-state index contributed by atoms with van der Waals surface area (Å²) >= 11 is 12.4. The van der Waals surface area contributed by atoms with E-state index in [0.29, 0.717) is 28.8 Å². The molecule has 1 aromatic heterocycles. The zero-order valence-electron chi connectivity index (χ0n) is 15.5. The zero-order chi connectivity index (χ0) is 19.4. The van der Waals surface area contributed by atoms with Crippen LogP contribution in [0.15, 0.2) is 36.4 Å². The number of carbonyl (C=O) groups excluding carboxylic acids is 1. The Morgan fingerprint density at radius 3 is 2.67 bits per heavy atom. The maximum Gasteiger partial charge on any atom is 0.338 e. The van der Waals surface area contributed by atoms with E-state index < -0.39 is 0 Å². The van der Waals surface area contributed by atoms with Crippen LogP contribution in [0.25, 0.3) is 11.0 Å². The quantitative estimate of drug-likeness (QED) is 0.459. The van der Waals surface area contributed by atoms with E-state index in [4.69, 9.17) is 32.9 Å². The number of halogens is 2. The Morgan fingerprint density at radius 2 is 1.96 bits per heavy atom. The van der Waals surface area contributed by atoms with Crippen molar-refractivity contribution in [1.29, 1.82) is 0 Å². The van der Waals surface area contributed by atoms with Gasteiger partial charge in [0, 0.05) is 16.5 Å². The highest BCUT2D eigenvalue weighted by Crippen LogP contribution is 2.26. The van der Waals surface area contributed by atoms with Gasteiger partial charge in [0.25, 0.3) is 0 Å². The molecular formula is C21H22Cl2N2O2. The number of carbonyl (C=O) groups is 1. The minimum atomic E-state index is -0.327. The Bertz CT molecular complexity index is 966. The first-order valence-electron chi connectivity index (χ1n) is 9.13. The molecule has 142 valence electrons. The van der Waals surface area contributed by atoms with Crippen LogP contribution in [-0.2, 0) is 17.7 Å². The minimum absolute atomic E-state index is 0.327. The highest BCUT2D eigenvalue weighted by molar-refractivity contribution is 6.35. The van der Waals surface area contributed by atoms with E-state index in [9.17, 15) is 4.79 Å². The van der Waals surface area contributed by atoms with Gasteiger partial charge in [-0.05, 0) is 49.2 Å². The molecule has 0 amide bonds. The lowest BCUT2D eigenvalue weighted by Crippen LogP contribution is -2.07. The number of fused-ring (bicyclic) bond motifs is 1. The molecule has 0 aliphatic carbocycles. The second kappa shape index (κ2) is 8.77. The number of rotatable bonds is 7. The van der Waals surface area contributed by atoms with Crippen molar-refractivity contribution in [3.63, 3.8) is 0 Å². The Labute approximate surface area is 169 Å². The first-order chi connectivity index (χ1) is 13.0. The van der Waals surface area contributed by atoms with Crippen LogP contribution >= 0.6 is 23.2 Å². The fourth-order valence-electron chi connectivity index (χ4n) is 3.04. The second-order valence-corrected chi connectivity index (χ2v) is 7.22. The molecule has 27 heavy (non-hydrogen) atoms. The predicted octanol–water partition coefficient (Wildman–Crippen LogP) is 5.91. The van der Waals surface area contributed by atoms with Crippen LogP contribution in [-0.4, -0.2) is 22.1 Å². The van der Waals surface area contributed by atoms with E-state index in [1.54, 1.807) is 19.1 Å². The molecule has 0 spiro atoms. The smallest absolute Gasteiger partial charge is 0.338 e. The van der Waals surface area contributed by atoms with Crippen molar-refractivity contribution in [2.24, 2.45) is 0 Å². The molecule has 0 unspecified atom stereocenters. The summed E-state index contributed by atoms with van der Waals surface area (Å²) in [6.07, 6.45) is 2.99. The average molecular weight is 405 g/mol. The van der Waals surface area contributed by atoms with Crippen LogP contribution in [0.4, 0.5) is 0 Å². The van der Waals surface area contributed by atoms with Gasteiger partial charge in [-0.1, -0.05) is 42.6 Å². The maximum absolute atomic E-state index is 12.1. The van der Waals surface area contributed by atoms with Crippen LogP contribution in [0, 0.1) is 0 Å². The van der Waals surface area contributed by atoms with E-state index in [1.165, 1.54) is 0 Å². The van der Waals surface area contributed by atoms with Crippen molar-refractivity contribution >= 4 is 40.2 Å². The van der Waals surface area contributed by atoms with Crippen molar-refractivity contribution in [2.75, 3.05) is 6.61 Å². The first-order valence-corrected chi connectivity index (χ1v) is 9.89. The molecule has 0 fully saturated rings. The van der Waals surface area contributed by atoms with Crippen LogP contribution in [0.3, 0.4) is 0 Å². The number of hydrogen-bond donors (Lipinski definition) is 0. The Kier molecular flexibility index (Phi) is 6.40. The first kappa shape index (κ1) is 19.7. The Morgan fingerprint density at radius 1 is 1.15 bits per heavy atom. The van der Waals surface area contributed by atoms with Gasteiger partial charge >= 0.3 is 5.97 Å². The molecule has 0 radical (unpaired) electrons. The molecule has 0 aliphatic rings. The molecule has 6 heteroatoms. The van der Waals surface area contributed by atoms with Gasteiger partial charge < -0.3 is 9.30 Å². The summed E-state index contributed by atoms with van der Waals surface area (Å²) in [6.45, 7) is 4.87. The van der Waals surface area contributed by atoms with E-state index in [-0.39, 0.29) is 5.97 Å². The van der Waals surface area contributed by atoms with Gasteiger partial charge in [-0.25, -0.2) is 9.78 Å². The molecule has 3 rings (SSSR count). The van der Waals surface area contributed by atoms with E-state index in [1.807, 2.05) is 24.3 Å². The Balaban J connectivity index is 2.07. The van der Waals surface area contributed by atoms with Crippen molar-refractivity contribution in [1.82, 2.24) is 9.55 Å². The predicted molar refractivity (Wildman–Crippen MR) is 110 cm³/mol. The van der Waals surface area contributed by atoms with Crippen molar-refractivity contribution in [3.05, 3.63) is 63.4 Å². The summed E-state index contributed by atoms with van der Waals surface area (Å²) in [7, 11) is 0. The number of aryl methyl sites for hydroxylation is 1. The van der Waals surface area contributed by atoms with Crippen LogP contribution < -0.4 is 0 Å². The van der Waals surface area contributed by atoms with Crippen LogP contribution in [0.2, 0.25) is 10.0 Å². The van der Waals surface area contributed by atoms with Gasteiger partial charge in [-0.2, -0.15) is 0 Å². The molecule has 0 saturated carbocycles. The Hall–Kier alpha value is -2.04. The third kappa shape index (κ3) is 4.45. The van der Waals surface area contributed by atoms with E-state index in [2.05, 4.69) is 11.5 Å². The standard InChI is InChI=1S/C21H22Cl2N2O2/c1-3-5-6-20-24-18-10-8-14(21(26)27-4-2)11-19(18)25(20)13-15-7-9-16(22)12-17(15)23/h7-12H,3-6,13H2,1-2H3. The second-order valence-electron chi connectivity index (χ2n) is 6.38. The molecule has 0 N–H and O–H groups in total. The monoisotopic (exact) mass is 404 g/mol. The number of unbranched alkanes of at least 4 members (excludes halogenated alkanes) is 1. The topological polar surface area (TPSA) is 44.1 Å². The summed E-state index contributed by atoms with van der Waals surface area (Å²) in [6, 6.07) is 11.0.